The van der Waals surface area contributed by atoms with Crippen LogP contribution in [-0.4, -0.2) is 61.6 Å². The van der Waals surface area contributed by atoms with Crippen LogP contribution in [0.3, 0.4) is 0 Å². The standard InChI is InChI=1S/C18H26N2O3/c1-19(15-8-9-15)11-12-20(2)17(21)16-10-13-22-18(23-16)14-6-4-3-5-7-14/h3-7,15-16,18H,8-13H2,1-2H3. The second kappa shape index (κ2) is 7.43. The van der Waals surface area contributed by atoms with Gasteiger partial charge in [0.2, 0.25) is 0 Å². The van der Waals surface area contributed by atoms with E-state index in [4.69, 9.17) is 9.47 Å². The van der Waals surface area contributed by atoms with Gasteiger partial charge in [0.1, 0.15) is 6.10 Å². The summed E-state index contributed by atoms with van der Waals surface area (Å²) in [6.07, 6.45) is 2.34. The zero-order valence-electron chi connectivity index (χ0n) is 14.0. The number of ether oxygens (including phenoxy) is 2. The van der Waals surface area contributed by atoms with Crippen LogP contribution in [-0.2, 0) is 14.3 Å². The molecular weight excluding hydrogens is 292 g/mol. The first-order valence-corrected chi connectivity index (χ1v) is 8.42. The van der Waals surface area contributed by atoms with Crippen LogP contribution in [0.25, 0.3) is 0 Å². The van der Waals surface area contributed by atoms with E-state index in [0.29, 0.717) is 13.0 Å². The Hall–Kier alpha value is -1.43. The topological polar surface area (TPSA) is 42.0 Å². The Kier molecular flexibility index (Phi) is 5.30. The highest BCUT2D eigenvalue weighted by atomic mass is 16.7. The Morgan fingerprint density at radius 2 is 1.87 bits per heavy atom. The fraction of sp³-hybridized carbons (Fsp3) is 0.611. The Labute approximate surface area is 138 Å². The molecule has 1 saturated carbocycles. The van der Waals surface area contributed by atoms with Crippen LogP contribution in [0.2, 0.25) is 0 Å². The van der Waals surface area contributed by atoms with Crippen molar-refractivity contribution in [2.75, 3.05) is 33.8 Å². The van der Waals surface area contributed by atoms with Crippen molar-refractivity contribution in [2.45, 2.75) is 37.7 Å². The lowest BCUT2D eigenvalue weighted by Crippen LogP contribution is -2.44. The summed E-state index contributed by atoms with van der Waals surface area (Å²) in [6, 6.07) is 10.5. The van der Waals surface area contributed by atoms with Gasteiger partial charge in [0, 0.05) is 38.2 Å². The van der Waals surface area contributed by atoms with E-state index < -0.39 is 12.4 Å². The van der Waals surface area contributed by atoms with Crippen molar-refractivity contribution >= 4 is 5.91 Å². The molecule has 1 aliphatic carbocycles. The van der Waals surface area contributed by atoms with Crippen LogP contribution in [0.4, 0.5) is 0 Å². The number of carbonyl (C=O) groups is 1. The Morgan fingerprint density at radius 1 is 1.13 bits per heavy atom. The maximum Gasteiger partial charge on any atom is 0.251 e. The van der Waals surface area contributed by atoms with E-state index in [2.05, 4.69) is 11.9 Å². The zero-order chi connectivity index (χ0) is 16.2. The van der Waals surface area contributed by atoms with Gasteiger partial charge in [0.05, 0.1) is 6.61 Å². The van der Waals surface area contributed by atoms with Crippen molar-refractivity contribution < 1.29 is 14.3 Å². The molecule has 0 radical (unpaired) electrons. The number of benzene rings is 1. The molecule has 2 fully saturated rings. The number of hydrogen-bond acceptors (Lipinski definition) is 4. The molecule has 1 amide bonds. The second-order valence-electron chi connectivity index (χ2n) is 6.50. The average molecular weight is 318 g/mol. The molecule has 0 aromatic heterocycles. The zero-order valence-corrected chi connectivity index (χ0v) is 14.0. The first-order valence-electron chi connectivity index (χ1n) is 8.42. The van der Waals surface area contributed by atoms with Gasteiger partial charge >= 0.3 is 0 Å². The van der Waals surface area contributed by atoms with Gasteiger partial charge < -0.3 is 19.3 Å². The minimum atomic E-state index is -0.443. The summed E-state index contributed by atoms with van der Waals surface area (Å²) in [5.74, 6) is 0.0541. The van der Waals surface area contributed by atoms with Crippen LogP contribution in [0.1, 0.15) is 31.1 Å². The number of amides is 1. The fourth-order valence-corrected chi connectivity index (χ4v) is 2.87. The predicted octanol–water partition coefficient (Wildman–Crippen LogP) is 2.04. The van der Waals surface area contributed by atoms with Crippen LogP contribution < -0.4 is 0 Å². The van der Waals surface area contributed by atoms with E-state index in [1.807, 2.05) is 37.4 Å². The van der Waals surface area contributed by atoms with Gasteiger partial charge in [-0.25, -0.2) is 0 Å². The van der Waals surface area contributed by atoms with Crippen molar-refractivity contribution in [1.29, 1.82) is 0 Å². The smallest absolute Gasteiger partial charge is 0.251 e. The van der Waals surface area contributed by atoms with E-state index in [1.165, 1.54) is 12.8 Å². The second-order valence-corrected chi connectivity index (χ2v) is 6.50. The lowest BCUT2D eigenvalue weighted by Gasteiger charge is -2.32. The van der Waals surface area contributed by atoms with Gasteiger partial charge in [0.25, 0.3) is 5.91 Å². The third-order valence-electron chi connectivity index (χ3n) is 4.62. The third-order valence-corrected chi connectivity index (χ3v) is 4.62. The van der Waals surface area contributed by atoms with E-state index in [1.54, 1.807) is 4.90 Å². The minimum Gasteiger partial charge on any atom is -0.348 e. The molecule has 5 nitrogen and oxygen atoms in total. The van der Waals surface area contributed by atoms with Gasteiger partial charge in [-0.15, -0.1) is 0 Å². The molecule has 126 valence electrons. The van der Waals surface area contributed by atoms with Crippen molar-refractivity contribution in [3.63, 3.8) is 0 Å². The van der Waals surface area contributed by atoms with Crippen LogP contribution in [0.15, 0.2) is 30.3 Å². The molecule has 0 bridgehead atoms. The third kappa shape index (κ3) is 4.31. The summed E-state index contributed by atoms with van der Waals surface area (Å²) in [5, 5.41) is 0. The first-order chi connectivity index (χ1) is 11.1. The van der Waals surface area contributed by atoms with Crippen LogP contribution in [0, 0.1) is 0 Å². The van der Waals surface area contributed by atoms with E-state index in [-0.39, 0.29) is 5.91 Å². The number of hydrogen-bond donors (Lipinski definition) is 0. The number of likely N-dealkylation sites (N-methyl/N-ethyl adjacent to an activating group) is 2. The van der Waals surface area contributed by atoms with Crippen molar-refractivity contribution in [2.24, 2.45) is 0 Å². The SMILES string of the molecule is CN(CCN(C)C1CC1)C(=O)C1CCOC(c2ccccc2)O1. The number of carbonyl (C=O) groups excluding carboxylic acids is 1. The highest BCUT2D eigenvalue weighted by Crippen LogP contribution is 2.27. The highest BCUT2D eigenvalue weighted by Gasteiger charge is 2.32. The van der Waals surface area contributed by atoms with E-state index >= 15 is 0 Å². The summed E-state index contributed by atoms with van der Waals surface area (Å²) in [7, 11) is 3.99. The molecule has 5 heteroatoms. The van der Waals surface area contributed by atoms with Crippen molar-refractivity contribution in [3.05, 3.63) is 35.9 Å². The molecule has 1 heterocycles. The summed E-state index contributed by atoms with van der Waals surface area (Å²) < 4.78 is 11.6. The lowest BCUT2D eigenvalue weighted by molar-refractivity contribution is -0.220. The van der Waals surface area contributed by atoms with Crippen LogP contribution >= 0.6 is 0 Å². The fourth-order valence-electron chi connectivity index (χ4n) is 2.87. The molecule has 2 atom stereocenters. The average Bonchev–Trinajstić information content (AvgIpc) is 3.45. The summed E-state index contributed by atoms with van der Waals surface area (Å²) >= 11 is 0. The van der Waals surface area contributed by atoms with Crippen molar-refractivity contribution in [3.8, 4) is 0 Å². The normalized spacial score (nSPS) is 24.7. The molecule has 2 aliphatic rings. The molecule has 1 aromatic carbocycles. The predicted molar refractivity (Wildman–Crippen MR) is 87.9 cm³/mol. The summed E-state index contributed by atoms with van der Waals surface area (Å²) in [4.78, 5) is 16.7. The highest BCUT2D eigenvalue weighted by molar-refractivity contribution is 5.80. The summed E-state index contributed by atoms with van der Waals surface area (Å²) in [5.41, 5.74) is 0.959. The van der Waals surface area contributed by atoms with E-state index in [0.717, 1.165) is 24.7 Å². The number of nitrogens with zero attached hydrogens (tertiary/aromatic N) is 2. The van der Waals surface area contributed by atoms with Gasteiger partial charge in [-0.1, -0.05) is 30.3 Å². The molecule has 1 aliphatic heterocycles. The van der Waals surface area contributed by atoms with Gasteiger partial charge in [-0.2, -0.15) is 0 Å². The first kappa shape index (κ1) is 16.4. The molecule has 2 unspecified atom stereocenters. The monoisotopic (exact) mass is 318 g/mol. The largest absolute Gasteiger partial charge is 0.348 e. The van der Waals surface area contributed by atoms with Gasteiger partial charge in [-0.3, -0.25) is 4.79 Å². The Morgan fingerprint density at radius 3 is 2.57 bits per heavy atom. The van der Waals surface area contributed by atoms with Gasteiger partial charge in [-0.05, 0) is 19.9 Å². The maximum atomic E-state index is 12.6. The number of rotatable bonds is 6. The molecular formula is C18H26N2O3. The minimum absolute atomic E-state index is 0.0541. The Bertz CT molecular complexity index is 518. The van der Waals surface area contributed by atoms with Crippen molar-refractivity contribution in [1.82, 2.24) is 9.80 Å². The molecule has 1 saturated heterocycles. The molecule has 1 aromatic rings. The lowest BCUT2D eigenvalue weighted by atomic mass is 10.1. The van der Waals surface area contributed by atoms with E-state index in [9.17, 15) is 4.79 Å². The molecule has 0 N–H and O–H groups in total. The maximum absolute atomic E-state index is 12.6. The van der Waals surface area contributed by atoms with Crippen LogP contribution in [0.5, 0.6) is 0 Å². The summed E-state index contributed by atoms with van der Waals surface area (Å²) in [6.45, 7) is 2.20. The molecule has 0 spiro atoms. The Balaban J connectivity index is 1.51. The molecule has 3 rings (SSSR count). The van der Waals surface area contributed by atoms with Gasteiger partial charge in [0.15, 0.2) is 6.29 Å². The quantitative estimate of drug-likeness (QED) is 0.805. The molecule has 23 heavy (non-hydrogen) atoms.